The Balaban J connectivity index is 2.43. The van der Waals surface area contributed by atoms with Crippen molar-refractivity contribution < 1.29 is 9.53 Å². The Morgan fingerprint density at radius 3 is 2.62 bits per heavy atom. The molecule has 0 unspecified atom stereocenters. The second kappa shape index (κ2) is 6.13. The fourth-order valence-corrected chi connectivity index (χ4v) is 2.22. The number of aromatic nitrogens is 1. The molecule has 110 valence electrons. The molecule has 0 saturated carbocycles. The van der Waals surface area contributed by atoms with Gasteiger partial charge in [0.05, 0.1) is 5.69 Å². The van der Waals surface area contributed by atoms with Crippen molar-refractivity contribution in [3.8, 4) is 11.6 Å². The van der Waals surface area contributed by atoms with Crippen molar-refractivity contribution in [2.45, 2.75) is 19.8 Å². The molecule has 0 aliphatic heterocycles. The largest absolute Gasteiger partial charge is 0.437 e. The summed E-state index contributed by atoms with van der Waals surface area (Å²) in [5.74, 6) is 0.460. The number of pyridine rings is 1. The topological polar surface area (TPSA) is 91.2 Å². The maximum Gasteiger partial charge on any atom is 0.267 e. The molecule has 0 fully saturated rings. The number of nitrogen functional groups attached to an aromatic ring is 1. The molecule has 0 atom stereocenters. The lowest BCUT2D eigenvalue weighted by Gasteiger charge is -2.15. The summed E-state index contributed by atoms with van der Waals surface area (Å²) < 4.78 is 6.75. The van der Waals surface area contributed by atoms with Gasteiger partial charge in [-0.2, -0.15) is 0 Å². The highest BCUT2D eigenvalue weighted by Gasteiger charge is 2.13. The number of rotatable bonds is 4. The number of halogens is 1. The molecule has 2 aromatic rings. The first-order chi connectivity index (χ1) is 9.88. The summed E-state index contributed by atoms with van der Waals surface area (Å²) in [6.45, 7) is 4.12. The molecular weight excluding hydrogens is 334 g/mol. The van der Waals surface area contributed by atoms with Crippen molar-refractivity contribution in [3.05, 3.63) is 46.1 Å². The number of hydrogen-bond donors (Lipinski definition) is 2. The van der Waals surface area contributed by atoms with Crippen LogP contribution in [-0.2, 0) is 0 Å². The standard InChI is InChI=1S/C15H16BrN3O2/c1-8(2)10-7-9(16)3-6-13(10)21-15-11(17)4-5-12(19-15)14(18)20/h3-8H,17H2,1-2H3,(H2,18,20). The number of carbonyl (C=O) groups excluding carboxylic acids is 1. The van der Waals surface area contributed by atoms with E-state index in [9.17, 15) is 4.79 Å². The molecule has 1 aromatic heterocycles. The van der Waals surface area contributed by atoms with Crippen LogP contribution in [0.15, 0.2) is 34.8 Å². The maximum absolute atomic E-state index is 11.2. The van der Waals surface area contributed by atoms with Crippen molar-refractivity contribution >= 4 is 27.5 Å². The van der Waals surface area contributed by atoms with Crippen LogP contribution in [0.5, 0.6) is 11.6 Å². The van der Waals surface area contributed by atoms with Crippen LogP contribution < -0.4 is 16.2 Å². The summed E-state index contributed by atoms with van der Waals surface area (Å²) in [6, 6.07) is 8.70. The molecule has 6 heteroatoms. The molecule has 1 heterocycles. The minimum atomic E-state index is -0.625. The lowest BCUT2D eigenvalue weighted by Crippen LogP contribution is -2.13. The predicted molar refractivity (Wildman–Crippen MR) is 85.5 cm³/mol. The third kappa shape index (κ3) is 3.52. The van der Waals surface area contributed by atoms with Crippen LogP contribution in [0.4, 0.5) is 5.69 Å². The molecule has 4 N–H and O–H groups in total. The Morgan fingerprint density at radius 2 is 2.00 bits per heavy atom. The highest BCUT2D eigenvalue weighted by atomic mass is 79.9. The average molecular weight is 350 g/mol. The fourth-order valence-electron chi connectivity index (χ4n) is 1.84. The normalized spacial score (nSPS) is 10.7. The SMILES string of the molecule is CC(C)c1cc(Br)ccc1Oc1nc(C(N)=O)ccc1N. The smallest absolute Gasteiger partial charge is 0.267 e. The van der Waals surface area contributed by atoms with Gasteiger partial charge in [-0.3, -0.25) is 4.79 Å². The van der Waals surface area contributed by atoms with Gasteiger partial charge in [0.2, 0.25) is 5.88 Å². The molecule has 5 nitrogen and oxygen atoms in total. The van der Waals surface area contributed by atoms with Crippen molar-refractivity contribution in [1.82, 2.24) is 4.98 Å². The Bertz CT molecular complexity index is 687. The number of hydrogen-bond acceptors (Lipinski definition) is 4. The molecule has 21 heavy (non-hydrogen) atoms. The van der Waals surface area contributed by atoms with E-state index in [1.54, 1.807) is 6.07 Å². The Labute approximate surface area is 131 Å². The molecule has 0 radical (unpaired) electrons. The van der Waals surface area contributed by atoms with Crippen LogP contribution in [0, 0.1) is 0 Å². The zero-order valence-electron chi connectivity index (χ0n) is 11.8. The lowest BCUT2D eigenvalue weighted by molar-refractivity contribution is 0.0995. The van der Waals surface area contributed by atoms with E-state index in [-0.39, 0.29) is 17.5 Å². The summed E-state index contributed by atoms with van der Waals surface area (Å²) >= 11 is 3.44. The van der Waals surface area contributed by atoms with Crippen LogP contribution in [-0.4, -0.2) is 10.9 Å². The van der Waals surface area contributed by atoms with Gasteiger partial charge in [0.1, 0.15) is 11.4 Å². The summed E-state index contributed by atoms with van der Waals surface area (Å²) in [7, 11) is 0. The van der Waals surface area contributed by atoms with Crippen LogP contribution in [0.25, 0.3) is 0 Å². The molecule has 0 aliphatic rings. The van der Waals surface area contributed by atoms with Crippen LogP contribution in [0.3, 0.4) is 0 Å². The third-order valence-electron chi connectivity index (χ3n) is 2.94. The molecule has 0 bridgehead atoms. The first kappa shape index (κ1) is 15.3. The molecule has 1 amide bonds. The van der Waals surface area contributed by atoms with Gasteiger partial charge in [0.15, 0.2) is 0 Å². The van der Waals surface area contributed by atoms with Gasteiger partial charge in [-0.15, -0.1) is 0 Å². The molecular formula is C15H16BrN3O2. The van der Waals surface area contributed by atoms with Gasteiger partial charge in [0.25, 0.3) is 5.91 Å². The van der Waals surface area contributed by atoms with E-state index in [0.717, 1.165) is 10.0 Å². The van der Waals surface area contributed by atoms with E-state index < -0.39 is 5.91 Å². The molecule has 1 aromatic carbocycles. The van der Waals surface area contributed by atoms with Crippen LogP contribution in [0.2, 0.25) is 0 Å². The zero-order chi connectivity index (χ0) is 15.6. The van der Waals surface area contributed by atoms with Crippen LogP contribution in [0.1, 0.15) is 35.8 Å². The summed E-state index contributed by atoms with van der Waals surface area (Å²) in [4.78, 5) is 15.3. The number of nitrogens with zero attached hydrogens (tertiary/aromatic N) is 1. The number of ether oxygens (including phenoxy) is 1. The number of carbonyl (C=O) groups is 1. The van der Waals surface area contributed by atoms with Gasteiger partial charge in [-0.05, 0) is 41.8 Å². The van der Waals surface area contributed by atoms with Gasteiger partial charge in [-0.25, -0.2) is 4.98 Å². The number of anilines is 1. The van der Waals surface area contributed by atoms with Crippen molar-refractivity contribution in [3.63, 3.8) is 0 Å². The Hall–Kier alpha value is -2.08. The quantitative estimate of drug-likeness (QED) is 0.884. The fraction of sp³-hybridized carbons (Fsp3) is 0.200. The van der Waals surface area contributed by atoms with Crippen molar-refractivity contribution in [2.24, 2.45) is 5.73 Å². The summed E-state index contributed by atoms with van der Waals surface area (Å²) in [5, 5.41) is 0. The minimum absolute atomic E-state index is 0.113. The summed E-state index contributed by atoms with van der Waals surface area (Å²) in [6.07, 6.45) is 0. The third-order valence-corrected chi connectivity index (χ3v) is 3.44. The molecule has 0 aliphatic carbocycles. The minimum Gasteiger partial charge on any atom is -0.437 e. The number of amides is 1. The molecule has 0 saturated heterocycles. The number of benzene rings is 1. The van der Waals surface area contributed by atoms with E-state index in [1.807, 2.05) is 18.2 Å². The monoisotopic (exact) mass is 349 g/mol. The van der Waals surface area contributed by atoms with E-state index in [4.69, 9.17) is 16.2 Å². The lowest BCUT2D eigenvalue weighted by atomic mass is 10.0. The van der Waals surface area contributed by atoms with Crippen LogP contribution >= 0.6 is 15.9 Å². The van der Waals surface area contributed by atoms with Crippen molar-refractivity contribution in [1.29, 1.82) is 0 Å². The summed E-state index contributed by atoms with van der Waals surface area (Å²) in [5.41, 5.74) is 12.5. The van der Waals surface area contributed by atoms with Crippen molar-refractivity contribution in [2.75, 3.05) is 5.73 Å². The van der Waals surface area contributed by atoms with Gasteiger partial charge in [-0.1, -0.05) is 29.8 Å². The number of primary amides is 1. The van der Waals surface area contributed by atoms with Gasteiger partial charge < -0.3 is 16.2 Å². The second-order valence-electron chi connectivity index (χ2n) is 4.89. The molecule has 2 rings (SSSR count). The highest BCUT2D eigenvalue weighted by Crippen LogP contribution is 2.34. The van der Waals surface area contributed by atoms with E-state index in [1.165, 1.54) is 6.07 Å². The average Bonchev–Trinajstić information content (AvgIpc) is 2.42. The molecule has 0 spiro atoms. The zero-order valence-corrected chi connectivity index (χ0v) is 13.3. The second-order valence-corrected chi connectivity index (χ2v) is 5.81. The highest BCUT2D eigenvalue weighted by molar-refractivity contribution is 9.10. The Kier molecular flexibility index (Phi) is 4.47. The van der Waals surface area contributed by atoms with E-state index in [0.29, 0.717) is 11.4 Å². The predicted octanol–water partition coefficient (Wildman–Crippen LogP) is 3.44. The first-order valence-electron chi connectivity index (χ1n) is 6.42. The van der Waals surface area contributed by atoms with Gasteiger partial charge >= 0.3 is 0 Å². The maximum atomic E-state index is 11.2. The van der Waals surface area contributed by atoms with E-state index >= 15 is 0 Å². The first-order valence-corrected chi connectivity index (χ1v) is 7.21. The number of nitrogens with two attached hydrogens (primary N) is 2. The Morgan fingerprint density at radius 1 is 1.29 bits per heavy atom. The van der Waals surface area contributed by atoms with E-state index in [2.05, 4.69) is 34.8 Å². The van der Waals surface area contributed by atoms with Gasteiger partial charge in [0, 0.05) is 4.47 Å².